The predicted molar refractivity (Wildman–Crippen MR) is 140 cm³/mol. The van der Waals surface area contributed by atoms with Gasteiger partial charge in [0.2, 0.25) is 0 Å². The Morgan fingerprint density at radius 3 is 2.38 bits per heavy atom. The number of nitrogens with zero attached hydrogens (tertiary/aromatic N) is 1. The van der Waals surface area contributed by atoms with E-state index in [1.807, 2.05) is 56.3 Å². The molecule has 0 heterocycles. The lowest BCUT2D eigenvalue weighted by Gasteiger charge is -2.13. The van der Waals surface area contributed by atoms with Crippen LogP contribution in [0, 0.1) is 3.57 Å². The standard InChI is InChI=1S/C26H27IN2O5/c1-4-32-23-15-20(11-12-22(23)34-17-18-9-7-6-8-10-18)26(30)29-28-16-19-13-21(27)25(31-3)24(14-19)33-5-2/h6-16H,4-5,17H2,1-3H3,(H,29,30)/b28-16+. The van der Waals surface area contributed by atoms with Gasteiger partial charge in [-0.15, -0.1) is 0 Å². The Bertz CT molecular complexity index is 1140. The molecule has 7 nitrogen and oxygen atoms in total. The highest BCUT2D eigenvalue weighted by Gasteiger charge is 2.13. The van der Waals surface area contributed by atoms with Gasteiger partial charge in [-0.1, -0.05) is 30.3 Å². The minimum Gasteiger partial charge on any atom is -0.492 e. The number of hydrogen-bond donors (Lipinski definition) is 1. The predicted octanol–water partition coefficient (Wildman–Crippen LogP) is 5.44. The second-order valence-electron chi connectivity index (χ2n) is 7.04. The van der Waals surface area contributed by atoms with Crippen molar-refractivity contribution in [1.29, 1.82) is 0 Å². The van der Waals surface area contributed by atoms with Crippen molar-refractivity contribution in [2.75, 3.05) is 20.3 Å². The molecule has 0 bridgehead atoms. The first-order valence-electron chi connectivity index (χ1n) is 10.8. The van der Waals surface area contributed by atoms with Gasteiger partial charge in [-0.3, -0.25) is 4.79 Å². The summed E-state index contributed by atoms with van der Waals surface area (Å²) in [6, 6.07) is 18.6. The van der Waals surface area contributed by atoms with E-state index in [1.54, 1.807) is 31.5 Å². The second-order valence-corrected chi connectivity index (χ2v) is 8.20. The average Bonchev–Trinajstić information content (AvgIpc) is 2.84. The minimum atomic E-state index is -0.361. The molecule has 0 aliphatic carbocycles. The quantitative estimate of drug-likeness (QED) is 0.188. The van der Waals surface area contributed by atoms with E-state index >= 15 is 0 Å². The van der Waals surface area contributed by atoms with Gasteiger partial charge < -0.3 is 18.9 Å². The number of methoxy groups -OCH3 is 1. The topological polar surface area (TPSA) is 78.4 Å². The van der Waals surface area contributed by atoms with Crippen LogP contribution in [-0.2, 0) is 6.61 Å². The van der Waals surface area contributed by atoms with Gasteiger partial charge in [0.1, 0.15) is 6.61 Å². The second kappa shape index (κ2) is 12.8. The van der Waals surface area contributed by atoms with Crippen molar-refractivity contribution in [3.63, 3.8) is 0 Å². The molecule has 0 aliphatic rings. The van der Waals surface area contributed by atoms with Gasteiger partial charge in [-0.2, -0.15) is 5.10 Å². The molecule has 178 valence electrons. The third-order valence-corrected chi connectivity index (χ3v) is 5.46. The summed E-state index contributed by atoms with van der Waals surface area (Å²) in [5.41, 5.74) is 4.78. The van der Waals surface area contributed by atoms with E-state index < -0.39 is 0 Å². The molecule has 0 saturated carbocycles. The Morgan fingerprint density at radius 1 is 0.941 bits per heavy atom. The molecule has 0 aromatic heterocycles. The van der Waals surface area contributed by atoms with Crippen LogP contribution in [0.15, 0.2) is 65.8 Å². The Morgan fingerprint density at radius 2 is 1.68 bits per heavy atom. The Hall–Kier alpha value is -3.27. The fourth-order valence-electron chi connectivity index (χ4n) is 3.13. The number of nitrogens with one attached hydrogen (secondary N) is 1. The van der Waals surface area contributed by atoms with E-state index in [1.165, 1.54) is 0 Å². The zero-order chi connectivity index (χ0) is 24.3. The maximum absolute atomic E-state index is 12.7. The molecule has 1 N–H and O–H groups in total. The molecule has 0 saturated heterocycles. The lowest BCUT2D eigenvalue weighted by atomic mass is 10.2. The molecule has 0 aliphatic heterocycles. The summed E-state index contributed by atoms with van der Waals surface area (Å²) in [6.45, 7) is 5.15. The molecule has 1 amide bonds. The van der Waals surface area contributed by atoms with Crippen molar-refractivity contribution in [1.82, 2.24) is 5.43 Å². The average molecular weight is 574 g/mol. The summed E-state index contributed by atoms with van der Waals surface area (Å²) in [5.74, 6) is 2.00. The zero-order valence-electron chi connectivity index (χ0n) is 19.3. The first kappa shape index (κ1) is 25.4. The van der Waals surface area contributed by atoms with E-state index in [0.717, 1.165) is 14.7 Å². The van der Waals surface area contributed by atoms with Crippen molar-refractivity contribution in [2.24, 2.45) is 5.10 Å². The maximum atomic E-state index is 12.7. The number of hydrogen-bond acceptors (Lipinski definition) is 6. The third-order valence-electron chi connectivity index (χ3n) is 4.66. The van der Waals surface area contributed by atoms with Crippen LogP contribution in [0.1, 0.15) is 35.3 Å². The first-order valence-corrected chi connectivity index (χ1v) is 11.9. The Labute approximate surface area is 213 Å². The van der Waals surface area contributed by atoms with E-state index in [2.05, 4.69) is 33.1 Å². The lowest BCUT2D eigenvalue weighted by Crippen LogP contribution is -2.17. The number of carbonyl (C=O) groups excluding carboxylic acids is 1. The molecular weight excluding hydrogens is 547 g/mol. The molecule has 3 rings (SSSR count). The summed E-state index contributed by atoms with van der Waals surface area (Å²) in [5, 5.41) is 4.09. The molecular formula is C26H27IN2O5. The van der Waals surface area contributed by atoms with Crippen molar-refractivity contribution in [2.45, 2.75) is 20.5 Å². The fourth-order valence-corrected chi connectivity index (χ4v) is 3.97. The SMILES string of the molecule is CCOc1cc(C(=O)N/N=C/c2cc(I)c(OC)c(OCC)c2)ccc1OCc1ccccc1. The number of carbonyl (C=O) groups is 1. The smallest absolute Gasteiger partial charge is 0.271 e. The van der Waals surface area contributed by atoms with Crippen molar-refractivity contribution < 1.29 is 23.7 Å². The number of halogens is 1. The van der Waals surface area contributed by atoms with Crippen LogP contribution in [-0.4, -0.2) is 32.4 Å². The molecule has 0 fully saturated rings. The highest BCUT2D eigenvalue weighted by Crippen LogP contribution is 2.33. The third kappa shape index (κ3) is 6.86. The molecule has 3 aromatic rings. The van der Waals surface area contributed by atoms with Crippen LogP contribution in [0.3, 0.4) is 0 Å². The number of hydrazone groups is 1. The number of benzene rings is 3. The minimum absolute atomic E-state index is 0.361. The molecule has 0 unspecified atom stereocenters. The molecule has 8 heteroatoms. The summed E-state index contributed by atoms with van der Waals surface area (Å²) in [6.07, 6.45) is 1.56. The number of ether oxygens (including phenoxy) is 4. The normalized spacial score (nSPS) is 10.7. The highest BCUT2D eigenvalue weighted by atomic mass is 127. The molecule has 0 radical (unpaired) electrons. The van der Waals surface area contributed by atoms with Gasteiger partial charge in [-0.05, 0) is 77.9 Å². The summed E-state index contributed by atoms with van der Waals surface area (Å²) in [4.78, 5) is 12.7. The highest BCUT2D eigenvalue weighted by molar-refractivity contribution is 14.1. The van der Waals surface area contributed by atoms with Crippen LogP contribution in [0.2, 0.25) is 0 Å². The Balaban J connectivity index is 1.69. The van der Waals surface area contributed by atoms with Crippen LogP contribution in [0.4, 0.5) is 0 Å². The van der Waals surface area contributed by atoms with Crippen molar-refractivity contribution in [3.05, 3.63) is 80.9 Å². The van der Waals surface area contributed by atoms with E-state index in [9.17, 15) is 4.79 Å². The largest absolute Gasteiger partial charge is 0.492 e. The van der Waals surface area contributed by atoms with E-state index in [0.29, 0.717) is 48.4 Å². The van der Waals surface area contributed by atoms with E-state index in [-0.39, 0.29) is 5.91 Å². The number of amides is 1. The first-order chi connectivity index (χ1) is 16.5. The molecule has 0 spiro atoms. The molecule has 34 heavy (non-hydrogen) atoms. The van der Waals surface area contributed by atoms with Gasteiger partial charge in [0.25, 0.3) is 5.91 Å². The van der Waals surface area contributed by atoms with Gasteiger partial charge >= 0.3 is 0 Å². The van der Waals surface area contributed by atoms with Crippen LogP contribution >= 0.6 is 22.6 Å². The van der Waals surface area contributed by atoms with E-state index in [4.69, 9.17) is 18.9 Å². The number of rotatable bonds is 11. The van der Waals surface area contributed by atoms with Crippen LogP contribution in [0.5, 0.6) is 23.0 Å². The van der Waals surface area contributed by atoms with Gasteiger partial charge in [0.15, 0.2) is 23.0 Å². The molecule has 0 atom stereocenters. The summed E-state index contributed by atoms with van der Waals surface area (Å²) >= 11 is 2.17. The van der Waals surface area contributed by atoms with Gasteiger partial charge in [0, 0.05) is 5.56 Å². The lowest BCUT2D eigenvalue weighted by molar-refractivity contribution is 0.0954. The zero-order valence-corrected chi connectivity index (χ0v) is 21.5. The Kier molecular flexibility index (Phi) is 9.57. The summed E-state index contributed by atoms with van der Waals surface area (Å²) < 4.78 is 23.5. The fraction of sp³-hybridized carbons (Fsp3) is 0.231. The van der Waals surface area contributed by atoms with Gasteiger partial charge in [0.05, 0.1) is 30.1 Å². The monoisotopic (exact) mass is 574 g/mol. The van der Waals surface area contributed by atoms with Gasteiger partial charge in [-0.25, -0.2) is 5.43 Å². The maximum Gasteiger partial charge on any atom is 0.271 e. The van der Waals surface area contributed by atoms with Crippen LogP contribution in [0.25, 0.3) is 0 Å². The molecule has 3 aromatic carbocycles. The summed E-state index contributed by atoms with van der Waals surface area (Å²) in [7, 11) is 1.60. The van der Waals surface area contributed by atoms with Crippen molar-refractivity contribution in [3.8, 4) is 23.0 Å². The van der Waals surface area contributed by atoms with Crippen LogP contribution < -0.4 is 24.4 Å². The van der Waals surface area contributed by atoms with Crippen molar-refractivity contribution >= 4 is 34.7 Å².